The number of amides is 2. The first-order valence-electron chi connectivity index (χ1n) is 8.77. The molecule has 2 aromatic carbocycles. The second-order valence-corrected chi connectivity index (χ2v) is 7.57. The fourth-order valence-electron chi connectivity index (χ4n) is 2.78. The highest BCUT2D eigenvalue weighted by Crippen LogP contribution is 2.32. The molecule has 1 aliphatic heterocycles. The number of benzene rings is 2. The van der Waals surface area contributed by atoms with Gasteiger partial charge in [-0.1, -0.05) is 43.1 Å². The first-order valence-corrected chi connectivity index (χ1v) is 9.53. The molecule has 0 spiro atoms. The summed E-state index contributed by atoms with van der Waals surface area (Å²) in [6, 6.07) is 9.35. The van der Waals surface area contributed by atoms with E-state index in [1.807, 2.05) is 26.0 Å². The summed E-state index contributed by atoms with van der Waals surface area (Å²) in [5, 5.41) is 6.26. The highest BCUT2D eigenvalue weighted by atomic mass is 35.5. The molecule has 1 aliphatic rings. The third-order valence-corrected chi connectivity index (χ3v) is 4.86. The molecule has 2 aromatic rings. The van der Waals surface area contributed by atoms with Gasteiger partial charge in [-0.25, -0.2) is 0 Å². The fourth-order valence-corrected chi connectivity index (χ4v) is 3.27. The molecule has 148 valence electrons. The van der Waals surface area contributed by atoms with Crippen LogP contribution in [0.1, 0.15) is 29.8 Å². The van der Waals surface area contributed by atoms with Crippen molar-refractivity contribution < 1.29 is 19.1 Å². The number of ether oxygens (including phenoxy) is 2. The molecule has 0 radical (unpaired) electrons. The summed E-state index contributed by atoms with van der Waals surface area (Å²) in [4.78, 5) is 25.2. The van der Waals surface area contributed by atoms with Crippen LogP contribution in [0.25, 0.3) is 0 Å². The van der Waals surface area contributed by atoms with E-state index < -0.39 is 11.9 Å². The number of hydrogen-bond acceptors (Lipinski definition) is 4. The second-order valence-electron chi connectivity index (χ2n) is 6.72. The molecule has 2 N–H and O–H groups in total. The van der Waals surface area contributed by atoms with Gasteiger partial charge in [-0.15, -0.1) is 0 Å². The van der Waals surface area contributed by atoms with E-state index in [0.717, 1.165) is 5.56 Å². The molecule has 28 heavy (non-hydrogen) atoms. The van der Waals surface area contributed by atoms with E-state index in [1.165, 1.54) is 12.1 Å². The predicted molar refractivity (Wildman–Crippen MR) is 107 cm³/mol. The van der Waals surface area contributed by atoms with Crippen molar-refractivity contribution in [2.75, 3.05) is 6.79 Å². The zero-order valence-corrected chi connectivity index (χ0v) is 16.9. The van der Waals surface area contributed by atoms with E-state index in [-0.39, 0.29) is 29.2 Å². The zero-order valence-electron chi connectivity index (χ0n) is 15.4. The largest absolute Gasteiger partial charge is 0.454 e. The van der Waals surface area contributed by atoms with Crippen molar-refractivity contribution in [3.8, 4) is 11.5 Å². The Labute approximate surface area is 173 Å². The summed E-state index contributed by atoms with van der Waals surface area (Å²) in [7, 11) is 0. The Bertz CT molecular complexity index is 902. The van der Waals surface area contributed by atoms with Gasteiger partial charge in [0.2, 0.25) is 12.7 Å². The summed E-state index contributed by atoms with van der Waals surface area (Å²) >= 11 is 12.0. The van der Waals surface area contributed by atoms with E-state index in [0.29, 0.717) is 23.1 Å². The first kappa shape index (κ1) is 20.3. The lowest BCUT2D eigenvalue weighted by Gasteiger charge is -2.22. The Kier molecular flexibility index (Phi) is 6.31. The van der Waals surface area contributed by atoms with Crippen LogP contribution in [-0.2, 0) is 11.3 Å². The van der Waals surface area contributed by atoms with Gasteiger partial charge in [-0.05, 0) is 41.8 Å². The molecule has 0 unspecified atom stereocenters. The van der Waals surface area contributed by atoms with Crippen LogP contribution in [0.3, 0.4) is 0 Å². The minimum absolute atomic E-state index is 0.119. The normalized spacial score (nSPS) is 13.3. The Balaban J connectivity index is 1.64. The molecular formula is C20H20Cl2N2O4. The maximum atomic E-state index is 12.7. The first-order chi connectivity index (χ1) is 13.3. The Morgan fingerprint density at radius 3 is 2.54 bits per heavy atom. The van der Waals surface area contributed by atoms with Crippen LogP contribution in [0, 0.1) is 5.92 Å². The summed E-state index contributed by atoms with van der Waals surface area (Å²) in [5.41, 5.74) is 1.13. The summed E-state index contributed by atoms with van der Waals surface area (Å²) < 4.78 is 10.6. The van der Waals surface area contributed by atoms with Crippen molar-refractivity contribution in [1.29, 1.82) is 0 Å². The summed E-state index contributed by atoms with van der Waals surface area (Å²) in [6.45, 7) is 4.21. The van der Waals surface area contributed by atoms with Gasteiger partial charge in [0.25, 0.3) is 5.91 Å². The Morgan fingerprint density at radius 2 is 1.82 bits per heavy atom. The quantitative estimate of drug-likeness (QED) is 0.741. The Hall–Kier alpha value is -2.44. The van der Waals surface area contributed by atoms with Gasteiger partial charge in [0.1, 0.15) is 6.04 Å². The van der Waals surface area contributed by atoms with Crippen LogP contribution in [0.4, 0.5) is 0 Å². The molecule has 8 heteroatoms. The molecule has 0 saturated carbocycles. The molecule has 2 amide bonds. The number of nitrogens with one attached hydrogen (secondary N) is 2. The van der Waals surface area contributed by atoms with Gasteiger partial charge in [-0.2, -0.15) is 0 Å². The SMILES string of the molecule is CC(C)[C@H](NC(=O)c1ccc(Cl)cc1Cl)C(=O)NCc1ccc2c(c1)OCO2. The monoisotopic (exact) mass is 422 g/mol. The maximum absolute atomic E-state index is 12.7. The van der Waals surface area contributed by atoms with Crippen LogP contribution in [0.5, 0.6) is 11.5 Å². The Morgan fingerprint density at radius 1 is 1.07 bits per heavy atom. The van der Waals surface area contributed by atoms with Gasteiger partial charge >= 0.3 is 0 Å². The van der Waals surface area contributed by atoms with Gasteiger partial charge in [0.15, 0.2) is 11.5 Å². The molecular weight excluding hydrogens is 403 g/mol. The summed E-state index contributed by atoms with van der Waals surface area (Å²) in [6.07, 6.45) is 0. The van der Waals surface area contributed by atoms with Crippen LogP contribution >= 0.6 is 23.2 Å². The van der Waals surface area contributed by atoms with Crippen molar-refractivity contribution in [3.05, 3.63) is 57.6 Å². The number of carbonyl (C=O) groups is 2. The average molecular weight is 423 g/mol. The van der Waals surface area contributed by atoms with Gasteiger partial charge in [0, 0.05) is 11.6 Å². The topological polar surface area (TPSA) is 76.7 Å². The highest BCUT2D eigenvalue weighted by molar-refractivity contribution is 6.36. The zero-order chi connectivity index (χ0) is 20.3. The lowest BCUT2D eigenvalue weighted by atomic mass is 10.0. The highest BCUT2D eigenvalue weighted by Gasteiger charge is 2.25. The van der Waals surface area contributed by atoms with Gasteiger partial charge < -0.3 is 20.1 Å². The van der Waals surface area contributed by atoms with Crippen molar-refractivity contribution in [1.82, 2.24) is 10.6 Å². The van der Waals surface area contributed by atoms with E-state index in [2.05, 4.69) is 10.6 Å². The number of hydrogen-bond donors (Lipinski definition) is 2. The number of carbonyl (C=O) groups excluding carboxylic acids is 2. The van der Waals surface area contributed by atoms with Crippen LogP contribution in [0.2, 0.25) is 10.0 Å². The third-order valence-electron chi connectivity index (χ3n) is 4.32. The van der Waals surface area contributed by atoms with Crippen molar-refractivity contribution in [2.45, 2.75) is 26.4 Å². The smallest absolute Gasteiger partial charge is 0.253 e. The third kappa shape index (κ3) is 4.69. The van der Waals surface area contributed by atoms with Crippen molar-refractivity contribution >= 4 is 35.0 Å². The molecule has 1 atom stereocenters. The number of fused-ring (bicyclic) bond motifs is 1. The van der Waals surface area contributed by atoms with Crippen LogP contribution in [0.15, 0.2) is 36.4 Å². The average Bonchev–Trinajstić information content (AvgIpc) is 3.11. The standard InChI is InChI=1S/C20H20Cl2N2O4/c1-11(2)18(24-19(25)14-5-4-13(21)8-15(14)22)20(26)23-9-12-3-6-16-17(7-12)28-10-27-16/h3-8,11,18H,9-10H2,1-2H3,(H,23,26)(H,24,25)/t18-/m0/s1. The molecule has 1 heterocycles. The minimum atomic E-state index is -0.715. The molecule has 6 nitrogen and oxygen atoms in total. The summed E-state index contributed by atoms with van der Waals surface area (Å²) in [5.74, 6) is 0.497. The van der Waals surface area contributed by atoms with E-state index in [9.17, 15) is 9.59 Å². The van der Waals surface area contributed by atoms with Gasteiger partial charge in [0.05, 0.1) is 10.6 Å². The minimum Gasteiger partial charge on any atom is -0.454 e. The van der Waals surface area contributed by atoms with E-state index in [4.69, 9.17) is 32.7 Å². The van der Waals surface area contributed by atoms with Crippen LogP contribution < -0.4 is 20.1 Å². The predicted octanol–water partition coefficient (Wildman–Crippen LogP) is 3.79. The maximum Gasteiger partial charge on any atom is 0.253 e. The molecule has 0 fully saturated rings. The van der Waals surface area contributed by atoms with Crippen molar-refractivity contribution in [2.24, 2.45) is 5.92 Å². The molecule has 0 saturated heterocycles. The fraction of sp³-hybridized carbons (Fsp3) is 0.300. The molecule has 0 bridgehead atoms. The van der Waals surface area contributed by atoms with E-state index in [1.54, 1.807) is 12.1 Å². The van der Waals surface area contributed by atoms with Gasteiger partial charge in [-0.3, -0.25) is 9.59 Å². The lowest BCUT2D eigenvalue weighted by Crippen LogP contribution is -2.49. The molecule has 0 aromatic heterocycles. The lowest BCUT2D eigenvalue weighted by molar-refractivity contribution is -0.124. The number of halogens is 2. The number of rotatable bonds is 6. The van der Waals surface area contributed by atoms with E-state index >= 15 is 0 Å². The molecule has 0 aliphatic carbocycles. The second kappa shape index (κ2) is 8.71. The molecule has 3 rings (SSSR count). The van der Waals surface area contributed by atoms with Crippen molar-refractivity contribution in [3.63, 3.8) is 0 Å². The van der Waals surface area contributed by atoms with Crippen LogP contribution in [-0.4, -0.2) is 24.6 Å².